The number of nitrogens with one attached hydrogen (secondary N) is 1. The van der Waals surface area contributed by atoms with Gasteiger partial charge < -0.3 is 15.2 Å². The monoisotopic (exact) mass is 439 g/mol. The number of hydrogen-bond acceptors (Lipinski definition) is 6. The molecule has 1 aromatic rings. The van der Waals surface area contributed by atoms with Crippen LogP contribution in [0.3, 0.4) is 0 Å². The summed E-state index contributed by atoms with van der Waals surface area (Å²) in [6.45, 7) is 3.37. The molecule has 1 aliphatic heterocycles. The molecule has 1 saturated heterocycles. The van der Waals surface area contributed by atoms with E-state index < -0.39 is 28.1 Å². The number of piperazine rings is 1. The molecule has 3 rings (SSSR count). The van der Waals surface area contributed by atoms with Gasteiger partial charge in [-0.2, -0.15) is 4.31 Å². The lowest BCUT2D eigenvalue weighted by molar-refractivity contribution is -0.144. The smallest absolute Gasteiger partial charge is 0.323 e. The fourth-order valence-electron chi connectivity index (χ4n) is 3.57. The number of nitrogens with zero attached hydrogens (tertiary/aromatic N) is 2. The largest absolute Gasteiger partial charge is 0.493 e. The quantitative estimate of drug-likeness (QED) is 0.579. The fourth-order valence-corrected chi connectivity index (χ4v) is 4.40. The van der Waals surface area contributed by atoms with E-state index in [-0.39, 0.29) is 32.1 Å². The fraction of sp³-hybridized carbons (Fsp3) is 0.600. The highest BCUT2D eigenvalue weighted by atomic mass is 32.2. The first kappa shape index (κ1) is 22.5. The Balaban J connectivity index is 1.57. The zero-order chi connectivity index (χ0) is 21.9. The van der Waals surface area contributed by atoms with Gasteiger partial charge in [-0.05, 0) is 49.9 Å². The van der Waals surface area contributed by atoms with Crippen LogP contribution < -0.4 is 10.1 Å². The van der Waals surface area contributed by atoms with Gasteiger partial charge in [-0.25, -0.2) is 8.42 Å². The van der Waals surface area contributed by atoms with E-state index in [1.807, 2.05) is 0 Å². The van der Waals surface area contributed by atoms with Crippen LogP contribution in [0.4, 0.5) is 0 Å². The topological polar surface area (TPSA) is 116 Å². The minimum atomic E-state index is -3.30. The van der Waals surface area contributed by atoms with Gasteiger partial charge in [0.1, 0.15) is 11.8 Å². The minimum Gasteiger partial charge on any atom is -0.493 e. The Morgan fingerprint density at radius 3 is 2.27 bits per heavy atom. The molecule has 1 aliphatic carbocycles. The summed E-state index contributed by atoms with van der Waals surface area (Å²) in [5.41, 5.74) is 0.423. The molecule has 1 aromatic carbocycles. The average Bonchev–Trinajstić information content (AvgIpc) is 3.51. The minimum absolute atomic E-state index is 0.228. The van der Waals surface area contributed by atoms with Crippen molar-refractivity contribution in [2.75, 3.05) is 39.0 Å². The zero-order valence-electron chi connectivity index (χ0n) is 17.3. The molecule has 0 radical (unpaired) electrons. The molecular weight excluding hydrogens is 410 g/mol. The number of amides is 1. The predicted octanol–water partition coefficient (Wildman–Crippen LogP) is 0.624. The summed E-state index contributed by atoms with van der Waals surface area (Å²) in [5.74, 6) is -0.0727. The van der Waals surface area contributed by atoms with Crippen molar-refractivity contribution in [2.45, 2.75) is 31.8 Å². The molecule has 9 nitrogen and oxygen atoms in total. The van der Waals surface area contributed by atoms with Gasteiger partial charge in [-0.15, -0.1) is 0 Å². The van der Waals surface area contributed by atoms with Crippen molar-refractivity contribution in [3.63, 3.8) is 0 Å². The van der Waals surface area contributed by atoms with Crippen molar-refractivity contribution in [3.05, 3.63) is 29.8 Å². The Morgan fingerprint density at radius 2 is 1.77 bits per heavy atom. The summed E-state index contributed by atoms with van der Waals surface area (Å²) >= 11 is 0. The Bertz CT molecular complexity index is 861. The molecule has 2 N–H and O–H groups in total. The Morgan fingerprint density at radius 1 is 1.17 bits per heavy atom. The SMILES string of the molecule is CC(NC(=O)c1ccc(OCC2CC2)cc1)C(C(=O)O)N1CCN(S(C)(=O)=O)CC1. The highest BCUT2D eigenvalue weighted by molar-refractivity contribution is 7.88. The van der Waals surface area contributed by atoms with Crippen molar-refractivity contribution in [3.8, 4) is 5.75 Å². The summed E-state index contributed by atoms with van der Waals surface area (Å²) in [6.07, 6.45) is 3.54. The molecule has 2 fully saturated rings. The number of aliphatic carboxylic acids is 1. The maximum absolute atomic E-state index is 12.6. The lowest BCUT2D eigenvalue weighted by Gasteiger charge is -2.38. The van der Waals surface area contributed by atoms with E-state index in [0.29, 0.717) is 23.8 Å². The van der Waals surface area contributed by atoms with Gasteiger partial charge in [-0.1, -0.05) is 0 Å². The highest BCUT2D eigenvalue weighted by Gasteiger charge is 2.35. The number of carboxylic acids is 1. The standard InChI is InChI=1S/C20H29N3O6S/c1-14(18(20(25)26)22-9-11-23(12-10-22)30(2,27)28)21-19(24)16-5-7-17(8-6-16)29-13-15-3-4-15/h5-8,14-15,18H,3-4,9-13H2,1-2H3,(H,21,24)(H,25,26). The van der Waals surface area contributed by atoms with Crippen LogP contribution >= 0.6 is 0 Å². The molecule has 2 unspecified atom stereocenters. The van der Waals surface area contributed by atoms with Gasteiger partial charge in [-0.3, -0.25) is 14.5 Å². The van der Waals surface area contributed by atoms with Crippen molar-refractivity contribution in [2.24, 2.45) is 5.92 Å². The highest BCUT2D eigenvalue weighted by Crippen LogP contribution is 2.29. The van der Waals surface area contributed by atoms with Gasteiger partial charge in [0, 0.05) is 31.7 Å². The van der Waals surface area contributed by atoms with E-state index in [2.05, 4.69) is 5.32 Å². The number of sulfonamides is 1. The second-order valence-corrected chi connectivity index (χ2v) is 10.0. The predicted molar refractivity (Wildman–Crippen MR) is 111 cm³/mol. The number of ether oxygens (including phenoxy) is 1. The van der Waals surface area contributed by atoms with Crippen molar-refractivity contribution in [1.29, 1.82) is 0 Å². The Hall–Kier alpha value is -2.17. The first-order valence-electron chi connectivity index (χ1n) is 10.1. The Kier molecular flexibility index (Phi) is 6.99. The average molecular weight is 440 g/mol. The molecule has 0 aromatic heterocycles. The number of hydrogen-bond donors (Lipinski definition) is 2. The molecule has 1 heterocycles. The van der Waals surface area contributed by atoms with Gasteiger partial charge in [0.25, 0.3) is 5.91 Å². The first-order valence-corrected chi connectivity index (χ1v) is 12.0. The first-order chi connectivity index (χ1) is 14.1. The van der Waals surface area contributed by atoms with E-state index in [0.717, 1.165) is 6.26 Å². The molecule has 10 heteroatoms. The molecule has 2 aliphatic rings. The van der Waals surface area contributed by atoms with Crippen LogP contribution in [0.5, 0.6) is 5.75 Å². The molecule has 166 valence electrons. The van der Waals surface area contributed by atoms with Crippen LogP contribution in [0.15, 0.2) is 24.3 Å². The molecule has 30 heavy (non-hydrogen) atoms. The van der Waals surface area contributed by atoms with Crippen molar-refractivity contribution < 1.29 is 27.9 Å². The van der Waals surface area contributed by atoms with E-state index >= 15 is 0 Å². The van der Waals surface area contributed by atoms with Crippen molar-refractivity contribution in [1.82, 2.24) is 14.5 Å². The molecule has 0 bridgehead atoms. The van der Waals surface area contributed by atoms with Crippen LogP contribution in [0.2, 0.25) is 0 Å². The van der Waals surface area contributed by atoms with E-state index in [9.17, 15) is 23.1 Å². The number of carbonyl (C=O) groups is 2. The third kappa shape index (κ3) is 5.93. The van der Waals surface area contributed by atoms with Gasteiger partial charge in [0.2, 0.25) is 10.0 Å². The Labute approximate surface area is 177 Å². The number of benzene rings is 1. The molecule has 0 spiro atoms. The van der Waals surface area contributed by atoms with Gasteiger partial charge in [0.05, 0.1) is 18.9 Å². The second-order valence-electron chi connectivity index (χ2n) is 8.02. The molecule has 1 amide bonds. The van der Waals surface area contributed by atoms with E-state index in [4.69, 9.17) is 4.74 Å². The third-order valence-electron chi connectivity index (χ3n) is 5.52. The summed E-state index contributed by atoms with van der Waals surface area (Å²) in [5, 5.41) is 12.5. The number of carboxylic acid groups (broad SMARTS) is 1. The summed E-state index contributed by atoms with van der Waals surface area (Å²) in [7, 11) is -3.30. The maximum Gasteiger partial charge on any atom is 0.323 e. The summed E-state index contributed by atoms with van der Waals surface area (Å²) < 4.78 is 30.3. The third-order valence-corrected chi connectivity index (χ3v) is 6.82. The van der Waals surface area contributed by atoms with E-state index in [1.54, 1.807) is 36.1 Å². The summed E-state index contributed by atoms with van der Waals surface area (Å²) in [4.78, 5) is 26.2. The van der Waals surface area contributed by atoms with Crippen molar-refractivity contribution >= 4 is 21.9 Å². The van der Waals surface area contributed by atoms with Gasteiger partial charge >= 0.3 is 5.97 Å². The summed E-state index contributed by atoms with van der Waals surface area (Å²) in [6, 6.07) is 5.18. The number of carbonyl (C=O) groups excluding carboxylic acids is 1. The lowest BCUT2D eigenvalue weighted by Crippen LogP contribution is -2.59. The molecule has 2 atom stereocenters. The maximum atomic E-state index is 12.6. The zero-order valence-corrected chi connectivity index (χ0v) is 18.1. The van der Waals surface area contributed by atoms with Crippen LogP contribution in [0.1, 0.15) is 30.1 Å². The van der Waals surface area contributed by atoms with Crippen LogP contribution in [-0.2, 0) is 14.8 Å². The van der Waals surface area contributed by atoms with E-state index in [1.165, 1.54) is 17.1 Å². The van der Waals surface area contributed by atoms with Gasteiger partial charge in [0.15, 0.2) is 0 Å². The van der Waals surface area contributed by atoms with Crippen LogP contribution in [0.25, 0.3) is 0 Å². The molecule has 1 saturated carbocycles. The van der Waals surface area contributed by atoms with Crippen LogP contribution in [0, 0.1) is 5.92 Å². The lowest BCUT2D eigenvalue weighted by atomic mass is 10.1. The molecular formula is C20H29N3O6S. The number of rotatable bonds is 9. The van der Waals surface area contributed by atoms with Crippen LogP contribution in [-0.4, -0.2) is 85.7 Å². The second kappa shape index (κ2) is 9.32. The normalized spacial score (nSPS) is 20.3.